The van der Waals surface area contributed by atoms with E-state index in [4.69, 9.17) is 19.4 Å². The normalized spacial score (nSPS) is 21.9. The number of rotatable bonds is 9. The summed E-state index contributed by atoms with van der Waals surface area (Å²) in [7, 11) is 0. The van der Waals surface area contributed by atoms with Crippen molar-refractivity contribution in [3.05, 3.63) is 60.3 Å². The Balaban J connectivity index is 0.00000217. The van der Waals surface area contributed by atoms with Gasteiger partial charge < -0.3 is 29.3 Å². The van der Waals surface area contributed by atoms with Crippen LogP contribution in [0.4, 0.5) is 11.5 Å². The number of aromatic hydroxyl groups is 1. The van der Waals surface area contributed by atoms with E-state index in [1.54, 1.807) is 11.0 Å². The summed E-state index contributed by atoms with van der Waals surface area (Å²) in [5.41, 5.74) is 2.92. The topological polar surface area (TPSA) is 118 Å². The molecular weight excluding hydrogens is 635 g/mol. The highest BCUT2D eigenvalue weighted by molar-refractivity contribution is 7.59. The summed E-state index contributed by atoms with van der Waals surface area (Å²) in [5, 5.41) is 22.1. The molecule has 1 N–H and O–H groups in total. The minimum Gasteiger partial charge on any atom is -0.508 e. The van der Waals surface area contributed by atoms with E-state index in [9.17, 15) is 15.2 Å². The van der Waals surface area contributed by atoms with E-state index >= 15 is 0 Å². The second kappa shape index (κ2) is 15.0. The van der Waals surface area contributed by atoms with Gasteiger partial charge in [0, 0.05) is 68.0 Å². The molecule has 3 atom stereocenters. The summed E-state index contributed by atoms with van der Waals surface area (Å²) in [4.78, 5) is 31.1. The van der Waals surface area contributed by atoms with Crippen molar-refractivity contribution < 1.29 is 19.4 Å². The molecule has 47 heavy (non-hydrogen) atoms. The van der Waals surface area contributed by atoms with Crippen molar-refractivity contribution in [2.75, 3.05) is 62.3 Å². The highest BCUT2D eigenvalue weighted by Gasteiger charge is 2.38. The van der Waals surface area contributed by atoms with E-state index in [-0.39, 0.29) is 51.1 Å². The predicted octanol–water partition coefficient (Wildman–Crippen LogP) is 3.48. The van der Waals surface area contributed by atoms with Crippen LogP contribution >= 0.6 is 27.0 Å². The van der Waals surface area contributed by atoms with Crippen LogP contribution in [0.25, 0.3) is 10.8 Å². The Hall–Kier alpha value is -3.70. The molecule has 7 rings (SSSR count). The highest BCUT2D eigenvalue weighted by Crippen LogP contribution is 2.37. The van der Waals surface area contributed by atoms with Crippen LogP contribution in [0, 0.1) is 11.3 Å². The van der Waals surface area contributed by atoms with Crippen molar-refractivity contribution in [3.63, 3.8) is 0 Å². The Morgan fingerprint density at radius 2 is 2.00 bits per heavy atom. The molecule has 2 aromatic carbocycles. The van der Waals surface area contributed by atoms with Crippen molar-refractivity contribution >= 4 is 55.2 Å². The molecule has 1 amide bonds. The molecule has 1 aromatic heterocycles. The number of nitriles is 1. The SMILES string of the molecule is C=CC(=O)N1CCN(c2nc(OCCCN3C[C@@H]4C[C@H]3CO4)nc3c2CCN(c2cc(O)cc4ccccc24)C3)CC1CC#N.S.S. The first-order valence-corrected chi connectivity index (χ1v) is 15.9. The molecule has 5 heterocycles. The van der Waals surface area contributed by atoms with Crippen LogP contribution in [0.2, 0.25) is 0 Å². The number of carbonyl (C=O) groups excluding carboxylic acids is 1. The number of fused-ring (bicyclic) bond motifs is 4. The first-order valence-electron chi connectivity index (χ1n) is 15.9. The maximum absolute atomic E-state index is 12.6. The molecule has 250 valence electrons. The van der Waals surface area contributed by atoms with Crippen molar-refractivity contribution in [1.82, 2.24) is 19.8 Å². The third-order valence-electron chi connectivity index (χ3n) is 9.59. The van der Waals surface area contributed by atoms with Gasteiger partial charge in [-0.2, -0.15) is 42.2 Å². The van der Waals surface area contributed by atoms with E-state index in [0.717, 1.165) is 72.6 Å². The molecule has 13 heteroatoms. The average molecular weight is 678 g/mol. The van der Waals surface area contributed by atoms with Gasteiger partial charge >= 0.3 is 6.01 Å². The fourth-order valence-electron chi connectivity index (χ4n) is 7.38. The maximum atomic E-state index is 12.6. The minimum atomic E-state index is -0.261. The van der Waals surface area contributed by atoms with Gasteiger partial charge in [-0.1, -0.05) is 30.8 Å². The summed E-state index contributed by atoms with van der Waals surface area (Å²) < 4.78 is 12.0. The number of benzene rings is 2. The third-order valence-corrected chi connectivity index (χ3v) is 9.59. The fourth-order valence-corrected chi connectivity index (χ4v) is 7.38. The zero-order valence-electron chi connectivity index (χ0n) is 26.5. The van der Waals surface area contributed by atoms with Gasteiger partial charge in [-0.25, -0.2) is 0 Å². The Bertz CT molecular complexity index is 1650. The van der Waals surface area contributed by atoms with Crippen LogP contribution in [-0.2, 0) is 22.5 Å². The summed E-state index contributed by atoms with van der Waals surface area (Å²) in [6, 6.07) is 14.6. The van der Waals surface area contributed by atoms with Crippen LogP contribution in [0.1, 0.15) is 30.5 Å². The molecule has 0 aliphatic carbocycles. The molecule has 4 aliphatic heterocycles. The second-order valence-corrected chi connectivity index (χ2v) is 12.4. The molecule has 1 unspecified atom stereocenters. The zero-order valence-corrected chi connectivity index (χ0v) is 28.5. The van der Waals surface area contributed by atoms with Crippen molar-refractivity contribution in [3.8, 4) is 17.8 Å². The number of nitrogens with zero attached hydrogens (tertiary/aromatic N) is 7. The van der Waals surface area contributed by atoms with E-state index in [1.165, 1.54) is 6.08 Å². The molecule has 11 nitrogen and oxygen atoms in total. The number of likely N-dealkylation sites (tertiary alicyclic amines) is 1. The van der Waals surface area contributed by atoms with Gasteiger partial charge in [-0.15, -0.1) is 0 Å². The van der Waals surface area contributed by atoms with Gasteiger partial charge in [0.1, 0.15) is 11.6 Å². The van der Waals surface area contributed by atoms with E-state index in [1.807, 2.05) is 24.3 Å². The Morgan fingerprint density at radius 3 is 2.77 bits per heavy atom. The Kier molecular flexibility index (Phi) is 11.1. The summed E-state index contributed by atoms with van der Waals surface area (Å²) in [6.45, 7) is 9.77. The first-order chi connectivity index (χ1) is 22.0. The summed E-state index contributed by atoms with van der Waals surface area (Å²) >= 11 is 0. The number of anilines is 2. The van der Waals surface area contributed by atoms with Crippen LogP contribution in [0.3, 0.4) is 0 Å². The lowest BCUT2D eigenvalue weighted by atomic mass is 10.0. The number of carbonyl (C=O) groups is 1. The number of piperazine rings is 1. The smallest absolute Gasteiger partial charge is 0.318 e. The first kappa shape index (κ1) is 34.6. The Labute approximate surface area is 289 Å². The number of aromatic nitrogens is 2. The monoisotopic (exact) mass is 677 g/mol. The van der Waals surface area contributed by atoms with Crippen LogP contribution in [-0.4, -0.2) is 101 Å². The number of morpholine rings is 1. The second-order valence-electron chi connectivity index (χ2n) is 12.4. The average Bonchev–Trinajstić information content (AvgIpc) is 3.69. The number of amides is 1. The number of hydrogen-bond donors (Lipinski definition) is 1. The lowest BCUT2D eigenvalue weighted by molar-refractivity contribution is -0.128. The van der Waals surface area contributed by atoms with Gasteiger partial charge in [0.15, 0.2) is 0 Å². The molecule has 3 aromatic rings. The van der Waals surface area contributed by atoms with Crippen molar-refractivity contribution in [2.45, 2.75) is 50.4 Å². The van der Waals surface area contributed by atoms with E-state index in [0.29, 0.717) is 57.4 Å². The molecule has 0 saturated carbocycles. The van der Waals surface area contributed by atoms with E-state index in [2.05, 4.69) is 33.4 Å². The Morgan fingerprint density at radius 1 is 1.15 bits per heavy atom. The molecule has 3 fully saturated rings. The quantitative estimate of drug-likeness (QED) is 0.267. The zero-order chi connectivity index (χ0) is 30.9. The van der Waals surface area contributed by atoms with E-state index < -0.39 is 0 Å². The lowest BCUT2D eigenvalue weighted by Gasteiger charge is -2.42. The van der Waals surface area contributed by atoms with Crippen molar-refractivity contribution in [1.29, 1.82) is 5.26 Å². The van der Waals surface area contributed by atoms with Gasteiger partial charge in [0.25, 0.3) is 0 Å². The molecule has 0 radical (unpaired) electrons. The summed E-state index contributed by atoms with van der Waals surface area (Å²) in [5.74, 6) is 0.892. The minimum absolute atomic E-state index is 0. The van der Waals surface area contributed by atoms with Gasteiger partial charge in [0.05, 0.1) is 50.1 Å². The maximum Gasteiger partial charge on any atom is 0.318 e. The molecule has 4 aliphatic rings. The molecule has 2 bridgehead atoms. The third kappa shape index (κ3) is 7.11. The lowest BCUT2D eigenvalue weighted by Crippen LogP contribution is -2.55. The molecule has 3 saturated heterocycles. The van der Waals surface area contributed by atoms with Gasteiger partial charge in [-0.3, -0.25) is 9.69 Å². The number of hydrogen-bond acceptors (Lipinski definition) is 10. The van der Waals surface area contributed by atoms with Crippen LogP contribution in [0.15, 0.2) is 49.1 Å². The predicted molar refractivity (Wildman–Crippen MR) is 191 cm³/mol. The number of phenolic OH excluding ortho intramolecular Hbond substituents is 1. The number of ether oxygens (including phenoxy) is 2. The van der Waals surface area contributed by atoms with Crippen LogP contribution in [0.5, 0.6) is 11.8 Å². The largest absolute Gasteiger partial charge is 0.508 e. The highest BCUT2D eigenvalue weighted by atomic mass is 32.1. The molecular formula is C34H43N7O4S2. The summed E-state index contributed by atoms with van der Waals surface area (Å²) in [6.07, 6.45) is 4.63. The number of phenols is 1. The molecule has 0 spiro atoms. The van der Waals surface area contributed by atoms with Crippen molar-refractivity contribution in [2.24, 2.45) is 0 Å². The van der Waals surface area contributed by atoms with Gasteiger partial charge in [0.2, 0.25) is 5.91 Å². The standard InChI is InChI=1S/C34H39N7O4.2H2S/c1-2-32(43)41-14-13-40(19-24(41)8-10-35)33-29-9-12-39(31-18-26(42)16-23-6-3-4-7-28(23)31)21-30(29)36-34(37-33)44-15-5-11-38-20-27-17-25(38)22-45-27;;/h2-4,6-7,16,18,24-25,27,42H,1,5,8-9,11-15,17,19-22H2;2*1H2/t24?,25-,27-;;/m0../s1. The van der Waals surface area contributed by atoms with Crippen LogP contribution < -0.4 is 14.5 Å². The fraction of sp³-hybridized carbons (Fsp3) is 0.471. The van der Waals surface area contributed by atoms with Gasteiger partial charge in [-0.05, 0) is 36.8 Å².